The van der Waals surface area contributed by atoms with E-state index in [4.69, 9.17) is 0 Å². The fourth-order valence-electron chi connectivity index (χ4n) is 2.66. The van der Waals surface area contributed by atoms with Gasteiger partial charge in [-0.3, -0.25) is 9.79 Å². The first-order valence-corrected chi connectivity index (χ1v) is 11.5. The van der Waals surface area contributed by atoms with Gasteiger partial charge in [0.05, 0.1) is 12.3 Å². The third kappa shape index (κ3) is 12.5. The summed E-state index contributed by atoms with van der Waals surface area (Å²) < 4.78 is 22.5. The normalized spacial score (nSPS) is 16.7. The van der Waals surface area contributed by atoms with Gasteiger partial charge in [-0.25, -0.2) is 8.42 Å². The van der Waals surface area contributed by atoms with E-state index in [0.717, 1.165) is 38.4 Å². The number of halogens is 1. The van der Waals surface area contributed by atoms with Gasteiger partial charge in [0.2, 0.25) is 5.91 Å². The smallest absolute Gasteiger partial charge is 0.222 e. The Morgan fingerprint density at radius 3 is 2.37 bits per heavy atom. The molecule has 3 N–H and O–H groups in total. The second-order valence-corrected chi connectivity index (χ2v) is 9.36. The maximum Gasteiger partial charge on any atom is 0.222 e. The average molecular weight is 517 g/mol. The molecule has 0 radical (unpaired) electrons. The lowest BCUT2D eigenvalue weighted by Crippen LogP contribution is -2.49. The largest absolute Gasteiger partial charge is 0.357 e. The summed E-state index contributed by atoms with van der Waals surface area (Å²) in [7, 11) is -2.90. The van der Waals surface area contributed by atoms with Crippen molar-refractivity contribution in [2.24, 2.45) is 10.9 Å². The molecule has 0 aromatic heterocycles. The molecule has 1 rings (SSSR count). The van der Waals surface area contributed by atoms with Gasteiger partial charge in [-0.2, -0.15) is 0 Å². The van der Waals surface area contributed by atoms with Crippen LogP contribution in [-0.4, -0.2) is 82.5 Å². The lowest BCUT2D eigenvalue weighted by Gasteiger charge is -2.32. The summed E-state index contributed by atoms with van der Waals surface area (Å²) in [5.41, 5.74) is 0. The highest BCUT2D eigenvalue weighted by Crippen LogP contribution is 2.10. The molecule has 0 spiro atoms. The zero-order valence-corrected chi connectivity index (χ0v) is 20.1. The molecular weight excluding hydrogens is 481 g/mol. The molecule has 0 aliphatic carbocycles. The van der Waals surface area contributed by atoms with E-state index in [1.54, 1.807) is 0 Å². The first kappa shape index (κ1) is 26.4. The van der Waals surface area contributed by atoms with Crippen LogP contribution in [0.1, 0.15) is 33.6 Å². The van der Waals surface area contributed by atoms with Gasteiger partial charge in [0.15, 0.2) is 5.96 Å². The minimum Gasteiger partial charge on any atom is -0.357 e. The monoisotopic (exact) mass is 517 g/mol. The van der Waals surface area contributed by atoms with Gasteiger partial charge in [0.25, 0.3) is 0 Å². The third-order valence-electron chi connectivity index (χ3n) is 4.26. The molecule has 0 aromatic rings. The fourth-order valence-corrected chi connectivity index (χ4v) is 3.25. The highest BCUT2D eigenvalue weighted by Gasteiger charge is 2.20. The van der Waals surface area contributed by atoms with Crippen LogP contribution in [-0.2, 0) is 14.6 Å². The van der Waals surface area contributed by atoms with Crippen molar-refractivity contribution in [2.45, 2.75) is 39.7 Å². The number of carbonyl (C=O) groups is 1. The van der Waals surface area contributed by atoms with Crippen LogP contribution in [0, 0.1) is 5.92 Å². The summed E-state index contributed by atoms with van der Waals surface area (Å²) in [4.78, 5) is 18.3. The second kappa shape index (κ2) is 13.5. The second-order valence-electron chi connectivity index (χ2n) is 7.10. The van der Waals surface area contributed by atoms with Crippen LogP contribution in [0.4, 0.5) is 0 Å². The molecule has 0 atom stereocenters. The molecule has 160 valence electrons. The van der Waals surface area contributed by atoms with Crippen molar-refractivity contribution < 1.29 is 13.2 Å². The lowest BCUT2D eigenvalue weighted by molar-refractivity contribution is -0.123. The van der Waals surface area contributed by atoms with Crippen molar-refractivity contribution in [3.05, 3.63) is 0 Å². The van der Waals surface area contributed by atoms with Gasteiger partial charge >= 0.3 is 0 Å². The van der Waals surface area contributed by atoms with E-state index in [2.05, 4.69) is 25.8 Å². The van der Waals surface area contributed by atoms with Crippen molar-refractivity contribution >= 4 is 45.7 Å². The molecule has 8 nitrogen and oxygen atoms in total. The predicted molar refractivity (Wildman–Crippen MR) is 122 cm³/mol. The van der Waals surface area contributed by atoms with E-state index < -0.39 is 9.84 Å². The number of nitrogens with zero attached hydrogens (tertiary/aromatic N) is 2. The number of amides is 1. The molecule has 0 bridgehead atoms. The van der Waals surface area contributed by atoms with E-state index in [1.807, 2.05) is 20.8 Å². The zero-order chi connectivity index (χ0) is 19.6. The van der Waals surface area contributed by atoms with Crippen LogP contribution in [0.3, 0.4) is 0 Å². The third-order valence-corrected chi connectivity index (χ3v) is 5.18. The summed E-state index contributed by atoms with van der Waals surface area (Å²) in [6.07, 6.45) is 3.20. The molecule has 27 heavy (non-hydrogen) atoms. The van der Waals surface area contributed by atoms with Gasteiger partial charge < -0.3 is 20.9 Å². The molecular formula is C17H36IN5O3S. The van der Waals surface area contributed by atoms with E-state index in [-0.39, 0.29) is 41.6 Å². The van der Waals surface area contributed by atoms with Crippen LogP contribution in [0.2, 0.25) is 0 Å². The summed E-state index contributed by atoms with van der Waals surface area (Å²) in [6.45, 7) is 9.96. The number of likely N-dealkylation sites (tertiary alicyclic amines) is 1. The predicted octanol–water partition coefficient (Wildman–Crippen LogP) is 0.441. The van der Waals surface area contributed by atoms with Gasteiger partial charge in [-0.1, -0.05) is 13.8 Å². The van der Waals surface area contributed by atoms with Crippen LogP contribution >= 0.6 is 24.0 Å². The van der Waals surface area contributed by atoms with E-state index >= 15 is 0 Å². The molecule has 0 saturated carbocycles. The Kier molecular flexibility index (Phi) is 13.2. The Balaban J connectivity index is 0.00000676. The Morgan fingerprint density at radius 1 is 1.22 bits per heavy atom. The lowest BCUT2D eigenvalue weighted by atomic mass is 10.1. The number of sulfone groups is 1. The summed E-state index contributed by atoms with van der Waals surface area (Å²) in [5.74, 6) is 1.01. The first-order valence-electron chi connectivity index (χ1n) is 9.44. The Labute approximate surface area is 181 Å². The molecule has 0 aromatic carbocycles. The number of aliphatic imine (C=N–C) groups is 1. The summed E-state index contributed by atoms with van der Waals surface area (Å²) in [6, 6.07) is 0.326. The zero-order valence-electron chi connectivity index (χ0n) is 17.0. The van der Waals surface area contributed by atoms with Crippen LogP contribution < -0.4 is 16.0 Å². The molecule has 1 heterocycles. The van der Waals surface area contributed by atoms with Crippen LogP contribution in [0.5, 0.6) is 0 Å². The van der Waals surface area contributed by atoms with Crippen LogP contribution in [0.25, 0.3) is 0 Å². The number of rotatable bonds is 9. The summed E-state index contributed by atoms with van der Waals surface area (Å²) in [5, 5.41) is 9.53. The number of piperidine rings is 1. The van der Waals surface area contributed by atoms with Crippen molar-refractivity contribution in [3.8, 4) is 0 Å². The maximum absolute atomic E-state index is 11.5. The van der Waals surface area contributed by atoms with E-state index in [9.17, 15) is 13.2 Å². The minimum atomic E-state index is -2.90. The van der Waals surface area contributed by atoms with Gasteiger partial charge in [0, 0.05) is 50.9 Å². The Hall–Kier alpha value is -0.620. The number of nitrogens with one attached hydrogen (secondary N) is 3. The Bertz CT molecular complexity index is 561. The van der Waals surface area contributed by atoms with E-state index in [0.29, 0.717) is 25.7 Å². The highest BCUT2D eigenvalue weighted by atomic mass is 127. The molecule has 1 aliphatic rings. The van der Waals surface area contributed by atoms with Gasteiger partial charge in [-0.15, -0.1) is 24.0 Å². The van der Waals surface area contributed by atoms with Crippen molar-refractivity contribution in [1.29, 1.82) is 0 Å². The number of hydrogen-bond acceptors (Lipinski definition) is 5. The topological polar surface area (TPSA) is 103 Å². The minimum absolute atomic E-state index is 0. The SMILES string of the molecule is CCNC(=NCCNC(=O)C(C)C)NC1CCN(CCS(C)(=O)=O)CC1.I. The molecule has 0 unspecified atom stereocenters. The highest BCUT2D eigenvalue weighted by molar-refractivity contribution is 14.0. The quantitative estimate of drug-likeness (QED) is 0.178. The fraction of sp³-hybridized carbons (Fsp3) is 0.882. The van der Waals surface area contributed by atoms with Crippen molar-refractivity contribution in [2.75, 3.05) is 51.3 Å². The molecule has 1 fully saturated rings. The van der Waals surface area contributed by atoms with Gasteiger partial charge in [-0.05, 0) is 19.8 Å². The van der Waals surface area contributed by atoms with Crippen molar-refractivity contribution in [3.63, 3.8) is 0 Å². The Morgan fingerprint density at radius 2 is 1.85 bits per heavy atom. The number of guanidine groups is 1. The molecule has 10 heteroatoms. The maximum atomic E-state index is 11.5. The molecule has 1 aliphatic heterocycles. The first-order chi connectivity index (χ1) is 12.2. The van der Waals surface area contributed by atoms with Crippen LogP contribution in [0.15, 0.2) is 4.99 Å². The molecule has 1 amide bonds. The van der Waals surface area contributed by atoms with E-state index in [1.165, 1.54) is 6.26 Å². The number of hydrogen-bond donors (Lipinski definition) is 3. The molecule has 1 saturated heterocycles. The summed E-state index contributed by atoms with van der Waals surface area (Å²) >= 11 is 0. The van der Waals surface area contributed by atoms with Crippen molar-refractivity contribution in [1.82, 2.24) is 20.9 Å². The number of carbonyl (C=O) groups excluding carboxylic acids is 1. The van der Waals surface area contributed by atoms with Gasteiger partial charge in [0.1, 0.15) is 9.84 Å². The average Bonchev–Trinajstić information content (AvgIpc) is 2.57. The standard InChI is InChI=1S/C17H35N5O3S.HI/c1-5-18-17(20-9-8-19-16(23)14(2)3)21-15-6-10-22(11-7-15)12-13-26(4,24)25;/h14-15H,5-13H2,1-4H3,(H,19,23)(H2,18,20,21);1H.